The summed E-state index contributed by atoms with van der Waals surface area (Å²) >= 11 is 0. The molecule has 4 aliphatic carbocycles. The first-order chi connectivity index (χ1) is 20.0. The Labute approximate surface area is 255 Å². The van der Waals surface area contributed by atoms with Crippen molar-refractivity contribution in [2.75, 3.05) is 0 Å². The number of rotatable bonds is 8. The van der Waals surface area contributed by atoms with E-state index >= 15 is 0 Å². The third kappa shape index (κ3) is 5.93. The Morgan fingerprint density at radius 2 is 1.67 bits per heavy atom. The van der Waals surface area contributed by atoms with Gasteiger partial charge in [-0.3, -0.25) is 0 Å². The molecular weight excluding hydrogens is 556 g/mol. The minimum Gasteiger partial charge on any atom is -0.479 e. The molecule has 7 N–H and O–H groups in total. The average molecular weight is 613 g/mol. The topological polar surface area (TPSA) is 177 Å². The fourth-order valence-electron chi connectivity index (χ4n) is 10.7. The van der Waals surface area contributed by atoms with Gasteiger partial charge in [0.25, 0.3) is 0 Å². The minimum absolute atomic E-state index is 0.103. The molecule has 4 saturated carbocycles. The van der Waals surface area contributed by atoms with Gasteiger partial charge in [0.05, 0.1) is 23.9 Å². The van der Waals surface area contributed by atoms with E-state index in [4.69, 9.17) is 9.47 Å². The van der Waals surface area contributed by atoms with E-state index in [2.05, 4.69) is 20.8 Å². The smallest absolute Gasteiger partial charge is 0.335 e. The van der Waals surface area contributed by atoms with E-state index in [1.807, 2.05) is 13.8 Å². The van der Waals surface area contributed by atoms with E-state index in [1.165, 1.54) is 0 Å². The number of carbonyl (C=O) groups is 1. The average Bonchev–Trinajstić information content (AvgIpc) is 3.27. The van der Waals surface area contributed by atoms with Crippen LogP contribution in [-0.2, 0) is 14.3 Å². The lowest BCUT2D eigenvalue weighted by Crippen LogP contribution is -2.63. The van der Waals surface area contributed by atoms with Crippen molar-refractivity contribution >= 4 is 5.97 Å². The molecule has 10 nitrogen and oxygen atoms in total. The third-order valence-electron chi connectivity index (χ3n) is 13.1. The summed E-state index contributed by atoms with van der Waals surface area (Å²) in [6.07, 6.45) is -1.32. The van der Waals surface area contributed by atoms with E-state index in [0.717, 1.165) is 38.5 Å². The molecule has 0 aromatic heterocycles. The van der Waals surface area contributed by atoms with Crippen molar-refractivity contribution in [2.24, 2.45) is 46.3 Å². The minimum atomic E-state index is -1.76. The van der Waals surface area contributed by atoms with Gasteiger partial charge >= 0.3 is 5.97 Å². The lowest BCUT2D eigenvalue weighted by atomic mass is 9.43. The second kappa shape index (κ2) is 12.1. The molecule has 1 aliphatic heterocycles. The van der Waals surface area contributed by atoms with Crippen molar-refractivity contribution in [1.82, 2.24) is 0 Å². The van der Waals surface area contributed by atoms with Crippen LogP contribution in [-0.4, -0.2) is 96.3 Å². The van der Waals surface area contributed by atoms with Gasteiger partial charge in [-0.05, 0) is 112 Å². The summed E-state index contributed by atoms with van der Waals surface area (Å²) in [5.41, 5.74) is -1.02. The largest absolute Gasteiger partial charge is 0.479 e. The first kappa shape index (κ1) is 33.5. The van der Waals surface area contributed by atoms with Crippen molar-refractivity contribution in [1.29, 1.82) is 0 Å². The molecule has 0 spiro atoms. The number of aliphatic hydroxyl groups is 6. The Hall–Kier alpha value is -0.850. The molecule has 5 rings (SSSR count). The number of hydrogen-bond donors (Lipinski definition) is 7. The standard InChI is InChI=1S/C33H56O10/c1-16(7-6-11-31(2,3)41)19-8-9-20-24-21(15-23(35)33(19,20)5)32(4)12-10-18(13-17(32)14-22(24)34)42-30-27(38)25(36)26(37)28(43-30)29(39)40/h16-28,30,34-38,41H,6-15H2,1-5H3,(H,39,40). The summed E-state index contributed by atoms with van der Waals surface area (Å²) in [7, 11) is 0. The molecule has 1 heterocycles. The van der Waals surface area contributed by atoms with Crippen molar-refractivity contribution in [3.63, 3.8) is 0 Å². The number of carboxylic acids is 1. The van der Waals surface area contributed by atoms with Gasteiger partial charge in [0.2, 0.25) is 0 Å². The quantitative estimate of drug-likeness (QED) is 0.202. The van der Waals surface area contributed by atoms with Crippen LogP contribution in [0.15, 0.2) is 0 Å². The molecule has 0 radical (unpaired) electrons. The van der Waals surface area contributed by atoms with Gasteiger partial charge < -0.3 is 45.2 Å². The normalized spacial score (nSPS) is 50.8. The van der Waals surface area contributed by atoms with Crippen LogP contribution in [0.4, 0.5) is 0 Å². The number of aliphatic carboxylic acids is 1. The molecule has 0 bridgehead atoms. The Balaban J connectivity index is 1.27. The van der Waals surface area contributed by atoms with E-state index < -0.39 is 54.5 Å². The van der Waals surface area contributed by atoms with Crippen LogP contribution in [0.3, 0.4) is 0 Å². The van der Waals surface area contributed by atoms with Crippen molar-refractivity contribution in [3.05, 3.63) is 0 Å². The van der Waals surface area contributed by atoms with Gasteiger partial charge in [0.15, 0.2) is 12.4 Å². The van der Waals surface area contributed by atoms with Gasteiger partial charge in [0.1, 0.15) is 18.3 Å². The molecule has 16 atom stereocenters. The SMILES string of the molecule is CC(CCCC(C)(C)O)C1CCC2C3C(O)CC4CC(OC5OC(C(=O)O)C(O)C(O)C5O)CCC4(C)C3CC(O)C12C. The van der Waals surface area contributed by atoms with Gasteiger partial charge in [0, 0.05) is 0 Å². The lowest BCUT2D eigenvalue weighted by molar-refractivity contribution is -0.310. The van der Waals surface area contributed by atoms with E-state index in [1.54, 1.807) is 0 Å². The Morgan fingerprint density at radius 1 is 0.977 bits per heavy atom. The van der Waals surface area contributed by atoms with Gasteiger partial charge in [-0.15, -0.1) is 0 Å². The Kier molecular flexibility index (Phi) is 9.40. The van der Waals surface area contributed by atoms with Crippen molar-refractivity contribution < 1.29 is 50.0 Å². The highest BCUT2D eigenvalue weighted by Gasteiger charge is 2.66. The molecule has 1 saturated heterocycles. The van der Waals surface area contributed by atoms with Gasteiger partial charge in [-0.25, -0.2) is 4.79 Å². The zero-order valence-electron chi connectivity index (χ0n) is 26.5. The van der Waals surface area contributed by atoms with Crippen molar-refractivity contribution in [2.45, 2.75) is 153 Å². The van der Waals surface area contributed by atoms with E-state index in [9.17, 15) is 40.5 Å². The maximum absolute atomic E-state index is 11.9. The van der Waals surface area contributed by atoms with Crippen LogP contribution in [0.1, 0.15) is 98.8 Å². The zero-order valence-corrected chi connectivity index (χ0v) is 26.5. The predicted octanol–water partition coefficient (Wildman–Crippen LogP) is 2.44. The van der Waals surface area contributed by atoms with Crippen molar-refractivity contribution in [3.8, 4) is 0 Å². The summed E-state index contributed by atoms with van der Waals surface area (Å²) < 4.78 is 11.4. The highest BCUT2D eigenvalue weighted by atomic mass is 16.7. The predicted molar refractivity (Wildman–Crippen MR) is 156 cm³/mol. The molecule has 10 heteroatoms. The molecule has 43 heavy (non-hydrogen) atoms. The molecule has 5 aliphatic rings. The van der Waals surface area contributed by atoms with E-state index in [-0.39, 0.29) is 40.6 Å². The number of ether oxygens (including phenoxy) is 2. The first-order valence-corrected chi connectivity index (χ1v) is 16.7. The summed E-state index contributed by atoms with van der Waals surface area (Å²) in [6, 6.07) is 0. The zero-order chi connectivity index (χ0) is 31.6. The molecule has 248 valence electrons. The van der Waals surface area contributed by atoms with Gasteiger partial charge in [-0.1, -0.05) is 33.6 Å². The fraction of sp³-hybridized carbons (Fsp3) is 0.970. The molecule has 0 aromatic rings. The monoisotopic (exact) mass is 612 g/mol. The lowest BCUT2D eigenvalue weighted by Gasteiger charge is -2.63. The number of fused-ring (bicyclic) bond motifs is 5. The van der Waals surface area contributed by atoms with Crippen LogP contribution >= 0.6 is 0 Å². The molecular formula is C33H56O10. The second-order valence-electron chi connectivity index (χ2n) is 16.0. The highest BCUT2D eigenvalue weighted by Crippen LogP contribution is 2.68. The number of carboxylic acid groups (broad SMARTS) is 1. The summed E-state index contributed by atoms with van der Waals surface area (Å²) in [5.74, 6) is 0.0205. The van der Waals surface area contributed by atoms with E-state index in [0.29, 0.717) is 37.5 Å². The first-order valence-electron chi connectivity index (χ1n) is 16.7. The maximum Gasteiger partial charge on any atom is 0.335 e. The van der Waals surface area contributed by atoms with Gasteiger partial charge in [-0.2, -0.15) is 0 Å². The fourth-order valence-corrected chi connectivity index (χ4v) is 10.7. The van der Waals surface area contributed by atoms with Crippen LogP contribution in [0, 0.1) is 46.3 Å². The molecule has 0 aromatic carbocycles. The Morgan fingerprint density at radius 3 is 2.33 bits per heavy atom. The maximum atomic E-state index is 11.9. The Bertz CT molecular complexity index is 1000. The third-order valence-corrected chi connectivity index (χ3v) is 13.1. The summed E-state index contributed by atoms with van der Waals surface area (Å²) in [4.78, 5) is 11.5. The number of aliphatic hydroxyl groups excluding tert-OH is 5. The molecule has 0 amide bonds. The van der Waals surface area contributed by atoms with Crippen LogP contribution in [0.5, 0.6) is 0 Å². The molecule has 5 fully saturated rings. The second-order valence-corrected chi connectivity index (χ2v) is 16.0. The van der Waals surface area contributed by atoms with Crippen LogP contribution in [0.2, 0.25) is 0 Å². The summed E-state index contributed by atoms with van der Waals surface area (Å²) in [6.45, 7) is 10.6. The van der Waals surface area contributed by atoms with Crippen LogP contribution in [0.25, 0.3) is 0 Å². The summed E-state index contributed by atoms with van der Waals surface area (Å²) in [5, 5.41) is 73.9. The van der Waals surface area contributed by atoms with Crippen LogP contribution < -0.4 is 0 Å². The highest BCUT2D eigenvalue weighted by molar-refractivity contribution is 5.73. The molecule has 16 unspecified atom stereocenters. The number of hydrogen-bond acceptors (Lipinski definition) is 9.